The molecule has 0 bridgehead atoms. The van der Waals surface area contributed by atoms with Gasteiger partial charge < -0.3 is 14.8 Å². The fraction of sp³-hybridized carbons (Fsp3) is 0.333. The molecule has 0 spiro atoms. The smallest absolute Gasteiger partial charge is 0.219 e. The summed E-state index contributed by atoms with van der Waals surface area (Å²) in [5.41, 5.74) is 2.13. The maximum Gasteiger partial charge on any atom is 0.219 e. The van der Waals surface area contributed by atoms with Crippen LogP contribution in [0.2, 0.25) is 0 Å². The monoisotopic (exact) mass is 272 g/mol. The number of carbonyl (C=O) groups excluding carboxylic acids is 1. The first-order valence-electron chi connectivity index (χ1n) is 6.57. The first-order valence-corrected chi connectivity index (χ1v) is 6.57. The number of rotatable bonds is 5. The Bertz CT molecular complexity index is 591. The minimum atomic E-state index is 0.0592. The van der Waals surface area contributed by atoms with Gasteiger partial charge in [-0.25, -0.2) is 4.98 Å². The van der Waals surface area contributed by atoms with E-state index in [2.05, 4.69) is 10.3 Å². The second-order valence-electron chi connectivity index (χ2n) is 4.84. The van der Waals surface area contributed by atoms with Crippen molar-refractivity contribution in [2.45, 2.75) is 20.0 Å². The third-order valence-electron chi connectivity index (χ3n) is 3.32. The van der Waals surface area contributed by atoms with Crippen LogP contribution >= 0.6 is 0 Å². The number of hydrogen-bond acceptors (Lipinski definition) is 3. The third-order valence-corrected chi connectivity index (χ3v) is 3.32. The molecule has 5 nitrogen and oxygen atoms in total. The number of nitrogens with zero attached hydrogens (tertiary/aromatic N) is 3. The molecule has 0 atom stereocenters. The zero-order chi connectivity index (χ0) is 14.5. The fourth-order valence-electron chi connectivity index (χ4n) is 1.94. The van der Waals surface area contributed by atoms with Crippen LogP contribution in [-0.2, 0) is 24.9 Å². The molecule has 0 saturated carbocycles. The van der Waals surface area contributed by atoms with Crippen LogP contribution in [0.5, 0.6) is 0 Å². The van der Waals surface area contributed by atoms with Crippen molar-refractivity contribution in [2.24, 2.45) is 7.05 Å². The lowest BCUT2D eigenvalue weighted by Gasteiger charge is -2.18. The molecule has 1 aromatic carbocycles. The molecule has 1 aromatic heterocycles. The standard InChI is InChI=1S/C15H20N4O/c1-12(20)19(3)11-13-6-4-5-7-14(13)17-10-15-16-8-9-18(15)2/h4-9,17H,10-11H2,1-3H3. The van der Waals surface area contributed by atoms with E-state index in [9.17, 15) is 4.79 Å². The molecule has 20 heavy (non-hydrogen) atoms. The van der Waals surface area contributed by atoms with Gasteiger partial charge in [-0.1, -0.05) is 18.2 Å². The normalized spacial score (nSPS) is 10.3. The number of aromatic nitrogens is 2. The maximum atomic E-state index is 11.3. The van der Waals surface area contributed by atoms with Crippen LogP contribution in [0.4, 0.5) is 5.69 Å². The molecule has 5 heteroatoms. The van der Waals surface area contributed by atoms with Gasteiger partial charge in [0.2, 0.25) is 5.91 Å². The topological polar surface area (TPSA) is 50.2 Å². The first kappa shape index (κ1) is 14.1. The molecule has 0 radical (unpaired) electrons. The zero-order valence-electron chi connectivity index (χ0n) is 12.1. The number of amides is 1. The summed E-state index contributed by atoms with van der Waals surface area (Å²) in [5.74, 6) is 1.03. The van der Waals surface area contributed by atoms with Gasteiger partial charge in [-0.2, -0.15) is 0 Å². The lowest BCUT2D eigenvalue weighted by Crippen LogP contribution is -2.23. The average Bonchev–Trinajstić information content (AvgIpc) is 2.83. The second-order valence-corrected chi connectivity index (χ2v) is 4.84. The molecule has 0 aliphatic rings. The maximum absolute atomic E-state index is 11.3. The van der Waals surface area contributed by atoms with Crippen molar-refractivity contribution >= 4 is 11.6 Å². The number of imidazole rings is 1. The minimum Gasteiger partial charge on any atom is -0.378 e. The Morgan fingerprint density at radius 3 is 2.80 bits per heavy atom. The largest absolute Gasteiger partial charge is 0.378 e. The van der Waals surface area contributed by atoms with E-state index in [0.29, 0.717) is 13.1 Å². The Morgan fingerprint density at radius 1 is 1.40 bits per heavy atom. The Balaban J connectivity index is 2.08. The summed E-state index contributed by atoms with van der Waals surface area (Å²) in [6.45, 7) is 2.83. The van der Waals surface area contributed by atoms with E-state index in [-0.39, 0.29) is 5.91 Å². The van der Waals surface area contributed by atoms with Crippen LogP contribution < -0.4 is 5.32 Å². The Morgan fingerprint density at radius 2 is 2.15 bits per heavy atom. The van der Waals surface area contributed by atoms with Gasteiger partial charge in [0.15, 0.2) is 0 Å². The van der Waals surface area contributed by atoms with Gasteiger partial charge in [-0.05, 0) is 11.6 Å². The van der Waals surface area contributed by atoms with Gasteiger partial charge in [0, 0.05) is 45.6 Å². The van der Waals surface area contributed by atoms with Crippen molar-refractivity contribution in [2.75, 3.05) is 12.4 Å². The van der Waals surface area contributed by atoms with E-state index < -0.39 is 0 Å². The molecule has 1 amide bonds. The summed E-state index contributed by atoms with van der Waals surface area (Å²) in [7, 11) is 3.78. The van der Waals surface area contributed by atoms with Crippen molar-refractivity contribution in [3.8, 4) is 0 Å². The lowest BCUT2D eigenvalue weighted by atomic mass is 10.1. The molecule has 1 heterocycles. The van der Waals surface area contributed by atoms with Crippen LogP contribution in [0.25, 0.3) is 0 Å². The third kappa shape index (κ3) is 3.38. The van der Waals surface area contributed by atoms with Crippen molar-refractivity contribution in [3.05, 3.63) is 48.0 Å². The Kier molecular flexibility index (Phi) is 4.40. The minimum absolute atomic E-state index is 0.0592. The van der Waals surface area contributed by atoms with Crippen LogP contribution in [-0.4, -0.2) is 27.4 Å². The number of anilines is 1. The number of para-hydroxylation sites is 1. The summed E-state index contributed by atoms with van der Waals surface area (Å²) in [6, 6.07) is 8.01. The van der Waals surface area contributed by atoms with Gasteiger partial charge in [0.05, 0.1) is 6.54 Å². The van der Waals surface area contributed by atoms with Crippen LogP contribution in [0.15, 0.2) is 36.7 Å². The van der Waals surface area contributed by atoms with E-state index in [1.807, 2.05) is 42.1 Å². The zero-order valence-corrected chi connectivity index (χ0v) is 12.1. The number of aryl methyl sites for hydroxylation is 1. The van der Waals surface area contributed by atoms with Crippen LogP contribution in [0.3, 0.4) is 0 Å². The van der Waals surface area contributed by atoms with Crippen molar-refractivity contribution in [1.82, 2.24) is 14.5 Å². The van der Waals surface area contributed by atoms with Crippen LogP contribution in [0, 0.1) is 0 Å². The molecular formula is C15H20N4O. The highest BCUT2D eigenvalue weighted by atomic mass is 16.2. The molecule has 0 fully saturated rings. The van der Waals surface area contributed by atoms with E-state index in [1.165, 1.54) is 0 Å². The predicted octanol–water partition coefficient (Wildman–Crippen LogP) is 2.01. The fourth-order valence-corrected chi connectivity index (χ4v) is 1.94. The Labute approximate surface area is 119 Å². The molecule has 0 aliphatic heterocycles. The molecule has 0 unspecified atom stereocenters. The molecule has 0 saturated heterocycles. The van der Waals surface area contributed by atoms with Gasteiger partial charge in [0.25, 0.3) is 0 Å². The highest BCUT2D eigenvalue weighted by Gasteiger charge is 2.08. The van der Waals surface area contributed by atoms with Crippen LogP contribution in [0.1, 0.15) is 18.3 Å². The summed E-state index contributed by atoms with van der Waals surface area (Å²) in [6.07, 6.45) is 3.71. The predicted molar refractivity (Wildman–Crippen MR) is 79.1 cm³/mol. The quantitative estimate of drug-likeness (QED) is 0.906. The first-order chi connectivity index (χ1) is 9.58. The van der Waals surface area contributed by atoms with Gasteiger partial charge in [-0.3, -0.25) is 4.79 Å². The lowest BCUT2D eigenvalue weighted by molar-refractivity contribution is -0.128. The van der Waals surface area contributed by atoms with E-state index in [1.54, 1.807) is 25.1 Å². The van der Waals surface area contributed by atoms with E-state index >= 15 is 0 Å². The van der Waals surface area contributed by atoms with Crippen molar-refractivity contribution in [1.29, 1.82) is 0 Å². The van der Waals surface area contributed by atoms with Gasteiger partial charge in [-0.15, -0.1) is 0 Å². The highest BCUT2D eigenvalue weighted by Crippen LogP contribution is 2.17. The molecule has 106 valence electrons. The molecule has 2 rings (SSSR count). The highest BCUT2D eigenvalue weighted by molar-refractivity contribution is 5.73. The Hall–Kier alpha value is -2.30. The van der Waals surface area contributed by atoms with Gasteiger partial charge >= 0.3 is 0 Å². The summed E-state index contributed by atoms with van der Waals surface area (Å²) in [5, 5.41) is 3.38. The van der Waals surface area contributed by atoms with Gasteiger partial charge in [0.1, 0.15) is 5.82 Å². The summed E-state index contributed by atoms with van der Waals surface area (Å²) >= 11 is 0. The SMILES string of the molecule is CC(=O)N(C)Cc1ccccc1NCc1nccn1C. The van der Waals surface area contributed by atoms with E-state index in [4.69, 9.17) is 0 Å². The van der Waals surface area contributed by atoms with Crippen molar-refractivity contribution in [3.63, 3.8) is 0 Å². The van der Waals surface area contributed by atoms with E-state index in [0.717, 1.165) is 17.1 Å². The summed E-state index contributed by atoms with van der Waals surface area (Å²) in [4.78, 5) is 17.3. The summed E-state index contributed by atoms with van der Waals surface area (Å²) < 4.78 is 1.98. The molecule has 2 aromatic rings. The molecule has 0 aliphatic carbocycles. The second kappa shape index (κ2) is 6.23. The molecule has 1 N–H and O–H groups in total. The number of hydrogen-bond donors (Lipinski definition) is 1. The number of carbonyl (C=O) groups is 1. The number of benzene rings is 1. The average molecular weight is 272 g/mol. The molecular weight excluding hydrogens is 252 g/mol. The van der Waals surface area contributed by atoms with Crippen molar-refractivity contribution < 1.29 is 4.79 Å². The number of nitrogens with one attached hydrogen (secondary N) is 1.